The average Bonchev–Trinajstić information content (AvgIpc) is 2.74. The predicted octanol–water partition coefficient (Wildman–Crippen LogP) is 0.654. The van der Waals surface area contributed by atoms with E-state index in [2.05, 4.69) is 16.9 Å². The van der Waals surface area contributed by atoms with Gasteiger partial charge in [-0.1, -0.05) is 6.92 Å². The summed E-state index contributed by atoms with van der Waals surface area (Å²) in [6.07, 6.45) is 4.18. The van der Waals surface area contributed by atoms with E-state index in [1.807, 2.05) is 11.8 Å². The quantitative estimate of drug-likeness (QED) is 0.822. The third-order valence-corrected chi connectivity index (χ3v) is 4.57. The number of thioether (sulfide) groups is 1. The zero-order valence-corrected chi connectivity index (χ0v) is 11.6. The highest BCUT2D eigenvalue weighted by Crippen LogP contribution is 2.21. The smallest absolute Gasteiger partial charge is 0.0862 e. The van der Waals surface area contributed by atoms with E-state index in [0.29, 0.717) is 17.5 Å². The van der Waals surface area contributed by atoms with Crippen molar-refractivity contribution in [1.29, 1.82) is 0 Å². The van der Waals surface area contributed by atoms with Crippen molar-refractivity contribution < 1.29 is 5.11 Å². The van der Waals surface area contributed by atoms with Gasteiger partial charge in [-0.3, -0.25) is 9.58 Å². The average molecular weight is 270 g/mol. The normalized spacial score (nSPS) is 23.1. The van der Waals surface area contributed by atoms with Crippen molar-refractivity contribution in [3.05, 3.63) is 12.4 Å². The highest BCUT2D eigenvalue weighted by Gasteiger charge is 2.21. The van der Waals surface area contributed by atoms with Gasteiger partial charge < -0.3 is 10.8 Å². The number of nitrogen functional groups attached to an aromatic ring is 1. The van der Waals surface area contributed by atoms with Gasteiger partial charge in [0.2, 0.25) is 0 Å². The molecular weight excluding hydrogens is 248 g/mol. The molecule has 1 saturated heterocycles. The molecule has 1 aromatic heterocycles. The molecule has 2 atom stereocenters. The Kier molecular flexibility index (Phi) is 4.91. The lowest BCUT2D eigenvalue weighted by atomic mass is 10.2. The van der Waals surface area contributed by atoms with Crippen molar-refractivity contribution in [3.8, 4) is 0 Å². The number of nitrogens with zero attached hydrogens (tertiary/aromatic N) is 3. The Morgan fingerprint density at radius 3 is 3.11 bits per heavy atom. The fourth-order valence-corrected chi connectivity index (χ4v) is 3.49. The standard InChI is InChI=1S/C12H22N4OS/c1-2-12-9-15(3-4-18-12)7-11(17)8-16-6-10(13)5-14-16/h5-6,11-12,17H,2-4,7-9,13H2,1H3. The van der Waals surface area contributed by atoms with Gasteiger partial charge in [0.05, 0.1) is 24.5 Å². The van der Waals surface area contributed by atoms with E-state index in [1.54, 1.807) is 17.1 Å². The maximum absolute atomic E-state index is 10.1. The van der Waals surface area contributed by atoms with Crippen LogP contribution < -0.4 is 5.73 Å². The number of nitrogens with two attached hydrogens (primary N) is 1. The molecule has 2 heterocycles. The van der Waals surface area contributed by atoms with Crippen LogP contribution in [0.25, 0.3) is 0 Å². The number of aliphatic hydroxyl groups is 1. The summed E-state index contributed by atoms with van der Waals surface area (Å²) in [7, 11) is 0. The van der Waals surface area contributed by atoms with Crippen molar-refractivity contribution in [2.24, 2.45) is 0 Å². The highest BCUT2D eigenvalue weighted by atomic mass is 32.2. The van der Waals surface area contributed by atoms with Crippen LogP contribution in [0.5, 0.6) is 0 Å². The molecule has 0 spiro atoms. The van der Waals surface area contributed by atoms with Crippen LogP contribution in [0.1, 0.15) is 13.3 Å². The van der Waals surface area contributed by atoms with Gasteiger partial charge in [-0.05, 0) is 6.42 Å². The van der Waals surface area contributed by atoms with Crippen LogP contribution in [-0.4, -0.2) is 56.5 Å². The lowest BCUT2D eigenvalue weighted by molar-refractivity contribution is 0.0962. The summed E-state index contributed by atoms with van der Waals surface area (Å²) in [4.78, 5) is 2.35. The second-order valence-corrected chi connectivity index (χ2v) is 6.22. The first-order valence-corrected chi connectivity index (χ1v) is 7.52. The molecule has 0 amide bonds. The molecule has 102 valence electrons. The van der Waals surface area contributed by atoms with Gasteiger partial charge in [-0.2, -0.15) is 16.9 Å². The molecule has 0 aliphatic carbocycles. The summed E-state index contributed by atoms with van der Waals surface area (Å²) in [5.74, 6) is 1.17. The number of anilines is 1. The van der Waals surface area contributed by atoms with Gasteiger partial charge in [-0.15, -0.1) is 0 Å². The van der Waals surface area contributed by atoms with Gasteiger partial charge in [-0.25, -0.2) is 0 Å². The molecule has 1 aromatic rings. The Labute approximate surface area is 112 Å². The third kappa shape index (κ3) is 3.90. The topological polar surface area (TPSA) is 67.3 Å². The zero-order valence-electron chi connectivity index (χ0n) is 10.8. The molecular formula is C12H22N4OS. The molecule has 18 heavy (non-hydrogen) atoms. The van der Waals surface area contributed by atoms with Gasteiger partial charge >= 0.3 is 0 Å². The molecule has 6 heteroatoms. The summed E-state index contributed by atoms with van der Waals surface area (Å²) < 4.78 is 1.70. The second kappa shape index (κ2) is 6.45. The van der Waals surface area contributed by atoms with Crippen molar-refractivity contribution >= 4 is 17.4 Å². The maximum atomic E-state index is 10.1. The summed E-state index contributed by atoms with van der Waals surface area (Å²) in [6, 6.07) is 0. The number of hydrogen-bond donors (Lipinski definition) is 2. The van der Waals surface area contributed by atoms with Gasteiger partial charge in [0.25, 0.3) is 0 Å². The van der Waals surface area contributed by atoms with Crippen LogP contribution in [0.3, 0.4) is 0 Å². The number of rotatable bonds is 5. The highest BCUT2D eigenvalue weighted by molar-refractivity contribution is 8.00. The van der Waals surface area contributed by atoms with Crippen LogP contribution in [0.15, 0.2) is 12.4 Å². The first-order chi connectivity index (χ1) is 8.67. The van der Waals surface area contributed by atoms with Gasteiger partial charge in [0.1, 0.15) is 0 Å². The molecule has 1 aliphatic rings. The lowest BCUT2D eigenvalue weighted by Crippen LogP contribution is -2.42. The first-order valence-electron chi connectivity index (χ1n) is 6.47. The molecule has 0 saturated carbocycles. The molecule has 0 radical (unpaired) electrons. The minimum Gasteiger partial charge on any atom is -0.396 e. The second-order valence-electron chi connectivity index (χ2n) is 4.81. The first kappa shape index (κ1) is 13.7. The fourth-order valence-electron chi connectivity index (χ4n) is 2.24. The van der Waals surface area contributed by atoms with E-state index < -0.39 is 0 Å². The molecule has 2 unspecified atom stereocenters. The van der Waals surface area contributed by atoms with Crippen LogP contribution in [0.2, 0.25) is 0 Å². The van der Waals surface area contributed by atoms with Crippen LogP contribution in [0.4, 0.5) is 5.69 Å². The lowest BCUT2D eigenvalue weighted by Gasteiger charge is -2.33. The molecule has 5 nitrogen and oxygen atoms in total. The fraction of sp³-hybridized carbons (Fsp3) is 0.750. The van der Waals surface area contributed by atoms with E-state index >= 15 is 0 Å². The van der Waals surface area contributed by atoms with Crippen LogP contribution in [0, 0.1) is 0 Å². The molecule has 1 fully saturated rings. The minimum atomic E-state index is -0.384. The van der Waals surface area contributed by atoms with Gasteiger partial charge in [0.15, 0.2) is 0 Å². The minimum absolute atomic E-state index is 0.384. The van der Waals surface area contributed by atoms with E-state index in [0.717, 1.165) is 19.6 Å². The third-order valence-electron chi connectivity index (χ3n) is 3.20. The summed E-state index contributed by atoms with van der Waals surface area (Å²) in [5, 5.41) is 14.9. The molecule has 3 N–H and O–H groups in total. The Morgan fingerprint density at radius 1 is 1.61 bits per heavy atom. The summed E-state index contributed by atoms with van der Waals surface area (Å²) in [5.41, 5.74) is 6.24. The maximum Gasteiger partial charge on any atom is 0.0862 e. The Hall–Kier alpha value is -0.720. The number of aliphatic hydroxyl groups excluding tert-OH is 1. The Balaban J connectivity index is 1.78. The predicted molar refractivity (Wildman–Crippen MR) is 75.6 cm³/mol. The zero-order chi connectivity index (χ0) is 13.0. The largest absolute Gasteiger partial charge is 0.396 e. The van der Waals surface area contributed by atoms with Crippen molar-refractivity contribution in [2.75, 3.05) is 31.1 Å². The van der Waals surface area contributed by atoms with Crippen LogP contribution >= 0.6 is 11.8 Å². The van der Waals surface area contributed by atoms with Crippen molar-refractivity contribution in [3.63, 3.8) is 0 Å². The summed E-state index contributed by atoms with van der Waals surface area (Å²) >= 11 is 2.04. The SMILES string of the molecule is CCC1CN(CC(O)Cn2cc(N)cn2)CCS1. The van der Waals surface area contributed by atoms with E-state index in [4.69, 9.17) is 5.73 Å². The Bertz CT molecular complexity index is 371. The molecule has 0 bridgehead atoms. The molecule has 1 aliphatic heterocycles. The van der Waals surface area contributed by atoms with E-state index in [9.17, 15) is 5.11 Å². The van der Waals surface area contributed by atoms with Crippen molar-refractivity contribution in [1.82, 2.24) is 14.7 Å². The molecule has 2 rings (SSSR count). The van der Waals surface area contributed by atoms with E-state index in [1.165, 1.54) is 12.2 Å². The van der Waals surface area contributed by atoms with Gasteiger partial charge in [0, 0.05) is 36.8 Å². The Morgan fingerprint density at radius 2 is 2.44 bits per heavy atom. The van der Waals surface area contributed by atoms with Crippen LogP contribution in [-0.2, 0) is 6.54 Å². The number of hydrogen-bond acceptors (Lipinski definition) is 5. The van der Waals surface area contributed by atoms with Crippen molar-refractivity contribution in [2.45, 2.75) is 31.2 Å². The molecule has 0 aromatic carbocycles. The number of aromatic nitrogens is 2. The summed E-state index contributed by atoms with van der Waals surface area (Å²) in [6.45, 7) is 5.61. The number of β-amino-alcohol motifs (C(OH)–C–C–N with tert-alkyl or cyclic N) is 1. The monoisotopic (exact) mass is 270 g/mol. The van der Waals surface area contributed by atoms with E-state index in [-0.39, 0.29) is 6.10 Å².